The Hall–Kier alpha value is -3.53. The second-order valence-corrected chi connectivity index (χ2v) is 9.79. The number of fused-ring (bicyclic) bond motifs is 1. The van der Waals surface area contributed by atoms with E-state index < -0.39 is 11.9 Å². The Morgan fingerprint density at radius 2 is 1.70 bits per heavy atom. The standard InChI is InChI=1S/C29H31NO3/c1-19(28(31)32)15-21-7-12-27(33-18-20-5-9-24(10-6-20)29(2,3)4)25(16-21)22-8-11-26-23(17-22)13-14-30-26/h5-14,16-17,19,30H,15,18H2,1-4H3,(H,31,32). The Kier molecular flexibility index (Phi) is 6.28. The highest BCUT2D eigenvalue weighted by molar-refractivity contribution is 5.86. The Bertz CT molecular complexity index is 1260. The third-order valence-corrected chi connectivity index (χ3v) is 6.09. The van der Waals surface area contributed by atoms with Gasteiger partial charge in [0.25, 0.3) is 0 Å². The maximum Gasteiger partial charge on any atom is 0.306 e. The second-order valence-electron chi connectivity index (χ2n) is 9.79. The van der Waals surface area contributed by atoms with Gasteiger partial charge < -0.3 is 14.8 Å². The summed E-state index contributed by atoms with van der Waals surface area (Å²) in [5.41, 5.74) is 6.60. The molecule has 0 amide bonds. The number of benzene rings is 3. The number of hydrogen-bond donors (Lipinski definition) is 2. The lowest BCUT2D eigenvalue weighted by Crippen LogP contribution is -2.12. The molecule has 33 heavy (non-hydrogen) atoms. The average Bonchev–Trinajstić information content (AvgIpc) is 3.25. The molecule has 4 aromatic rings. The minimum absolute atomic E-state index is 0.117. The number of nitrogens with one attached hydrogen (secondary N) is 1. The van der Waals surface area contributed by atoms with E-state index >= 15 is 0 Å². The maximum absolute atomic E-state index is 11.4. The zero-order chi connectivity index (χ0) is 23.6. The summed E-state index contributed by atoms with van der Waals surface area (Å²) in [6.45, 7) is 8.82. The maximum atomic E-state index is 11.4. The molecule has 170 valence electrons. The van der Waals surface area contributed by atoms with Gasteiger partial charge in [0.2, 0.25) is 0 Å². The van der Waals surface area contributed by atoms with Crippen molar-refractivity contribution in [3.8, 4) is 16.9 Å². The summed E-state index contributed by atoms with van der Waals surface area (Å²) in [7, 11) is 0. The molecule has 0 aliphatic heterocycles. The molecule has 0 spiro atoms. The second kappa shape index (κ2) is 9.14. The average molecular weight is 442 g/mol. The molecule has 1 heterocycles. The van der Waals surface area contributed by atoms with Gasteiger partial charge in [-0.05, 0) is 69.8 Å². The zero-order valence-electron chi connectivity index (χ0n) is 19.7. The van der Waals surface area contributed by atoms with Gasteiger partial charge in [0, 0.05) is 17.3 Å². The van der Waals surface area contributed by atoms with Gasteiger partial charge in [-0.15, -0.1) is 0 Å². The van der Waals surface area contributed by atoms with E-state index in [2.05, 4.69) is 74.3 Å². The van der Waals surface area contributed by atoms with Crippen LogP contribution in [0.2, 0.25) is 0 Å². The minimum Gasteiger partial charge on any atom is -0.488 e. The molecule has 0 saturated carbocycles. The van der Waals surface area contributed by atoms with Crippen molar-refractivity contribution >= 4 is 16.9 Å². The van der Waals surface area contributed by atoms with Crippen molar-refractivity contribution in [2.45, 2.75) is 46.1 Å². The Morgan fingerprint density at radius 3 is 2.39 bits per heavy atom. The van der Waals surface area contributed by atoms with Crippen LogP contribution < -0.4 is 4.74 Å². The molecule has 3 aromatic carbocycles. The summed E-state index contributed by atoms with van der Waals surface area (Å²) < 4.78 is 6.28. The molecule has 1 atom stereocenters. The van der Waals surface area contributed by atoms with Gasteiger partial charge in [0.15, 0.2) is 0 Å². The van der Waals surface area contributed by atoms with E-state index in [9.17, 15) is 9.90 Å². The molecule has 4 nitrogen and oxygen atoms in total. The van der Waals surface area contributed by atoms with E-state index in [0.717, 1.165) is 38.9 Å². The first-order valence-corrected chi connectivity index (χ1v) is 11.4. The van der Waals surface area contributed by atoms with Crippen LogP contribution in [-0.4, -0.2) is 16.1 Å². The van der Waals surface area contributed by atoms with E-state index in [1.165, 1.54) is 5.56 Å². The van der Waals surface area contributed by atoms with Crippen LogP contribution in [0.5, 0.6) is 5.75 Å². The highest BCUT2D eigenvalue weighted by Crippen LogP contribution is 2.34. The lowest BCUT2D eigenvalue weighted by Gasteiger charge is -2.19. The third-order valence-electron chi connectivity index (χ3n) is 6.09. The summed E-state index contributed by atoms with van der Waals surface area (Å²) in [4.78, 5) is 14.6. The normalized spacial score (nSPS) is 12.6. The molecule has 1 aromatic heterocycles. The summed E-state index contributed by atoms with van der Waals surface area (Å²) in [5.74, 6) is -0.445. The van der Waals surface area contributed by atoms with Crippen LogP contribution in [0.25, 0.3) is 22.0 Å². The Labute approximate surface area is 195 Å². The summed E-state index contributed by atoms with van der Waals surface area (Å²) >= 11 is 0. The number of aromatic amines is 1. The fraction of sp³-hybridized carbons (Fsp3) is 0.276. The molecule has 0 fully saturated rings. The molecule has 0 saturated heterocycles. The molecule has 2 N–H and O–H groups in total. The monoisotopic (exact) mass is 441 g/mol. The Morgan fingerprint density at radius 1 is 0.970 bits per heavy atom. The lowest BCUT2D eigenvalue weighted by atomic mass is 9.87. The number of aromatic nitrogens is 1. The van der Waals surface area contributed by atoms with Crippen LogP contribution in [-0.2, 0) is 23.2 Å². The number of rotatable bonds is 7. The largest absolute Gasteiger partial charge is 0.488 e. The lowest BCUT2D eigenvalue weighted by molar-refractivity contribution is -0.141. The van der Waals surface area contributed by atoms with Crippen LogP contribution >= 0.6 is 0 Å². The predicted octanol–water partition coefficient (Wildman–Crippen LogP) is 6.97. The first-order chi connectivity index (χ1) is 15.7. The zero-order valence-corrected chi connectivity index (χ0v) is 19.7. The number of carboxylic acids is 1. The van der Waals surface area contributed by atoms with Crippen molar-refractivity contribution in [1.82, 2.24) is 4.98 Å². The van der Waals surface area contributed by atoms with E-state index in [1.807, 2.05) is 24.4 Å². The highest BCUT2D eigenvalue weighted by atomic mass is 16.5. The van der Waals surface area contributed by atoms with E-state index in [-0.39, 0.29) is 5.41 Å². The Balaban J connectivity index is 1.64. The highest BCUT2D eigenvalue weighted by Gasteiger charge is 2.16. The van der Waals surface area contributed by atoms with Crippen LogP contribution in [0.3, 0.4) is 0 Å². The molecule has 0 aliphatic rings. The van der Waals surface area contributed by atoms with Gasteiger partial charge in [-0.25, -0.2) is 0 Å². The van der Waals surface area contributed by atoms with E-state index in [4.69, 9.17) is 4.74 Å². The van der Waals surface area contributed by atoms with Crippen molar-refractivity contribution in [1.29, 1.82) is 0 Å². The van der Waals surface area contributed by atoms with Gasteiger partial charge in [-0.2, -0.15) is 0 Å². The van der Waals surface area contributed by atoms with Crippen molar-refractivity contribution in [3.63, 3.8) is 0 Å². The number of carboxylic acid groups (broad SMARTS) is 1. The number of carbonyl (C=O) groups is 1. The number of aliphatic carboxylic acids is 1. The van der Waals surface area contributed by atoms with Gasteiger partial charge in [0.05, 0.1) is 5.92 Å². The van der Waals surface area contributed by atoms with E-state index in [0.29, 0.717) is 13.0 Å². The van der Waals surface area contributed by atoms with Gasteiger partial charge >= 0.3 is 5.97 Å². The molecule has 0 bridgehead atoms. The fourth-order valence-electron chi connectivity index (χ4n) is 3.98. The number of ether oxygens (including phenoxy) is 1. The van der Waals surface area contributed by atoms with Crippen LogP contribution in [0.15, 0.2) is 72.9 Å². The van der Waals surface area contributed by atoms with Crippen molar-refractivity contribution < 1.29 is 14.6 Å². The van der Waals surface area contributed by atoms with Crippen LogP contribution in [0, 0.1) is 5.92 Å². The molecule has 4 heteroatoms. The van der Waals surface area contributed by atoms with Gasteiger partial charge in [-0.1, -0.05) is 64.1 Å². The van der Waals surface area contributed by atoms with Crippen molar-refractivity contribution in [2.75, 3.05) is 0 Å². The molecular formula is C29H31NO3. The van der Waals surface area contributed by atoms with Gasteiger partial charge in [0.1, 0.15) is 12.4 Å². The quantitative estimate of drug-likeness (QED) is 0.325. The van der Waals surface area contributed by atoms with Crippen LogP contribution in [0.1, 0.15) is 44.4 Å². The molecule has 0 radical (unpaired) electrons. The van der Waals surface area contributed by atoms with Crippen molar-refractivity contribution in [3.05, 3.63) is 89.6 Å². The first kappa shape index (κ1) is 22.7. The van der Waals surface area contributed by atoms with Crippen molar-refractivity contribution in [2.24, 2.45) is 5.92 Å². The van der Waals surface area contributed by atoms with E-state index in [1.54, 1.807) is 6.92 Å². The molecule has 1 unspecified atom stereocenters. The summed E-state index contributed by atoms with van der Waals surface area (Å²) in [6, 6.07) is 22.9. The first-order valence-electron chi connectivity index (χ1n) is 11.4. The molecule has 0 aliphatic carbocycles. The smallest absolute Gasteiger partial charge is 0.306 e. The molecular weight excluding hydrogens is 410 g/mol. The fourth-order valence-corrected chi connectivity index (χ4v) is 3.98. The molecule has 4 rings (SSSR count). The number of H-pyrrole nitrogens is 1. The topological polar surface area (TPSA) is 62.3 Å². The minimum atomic E-state index is -0.788. The van der Waals surface area contributed by atoms with Crippen LogP contribution in [0.4, 0.5) is 0 Å². The SMILES string of the molecule is CC(Cc1ccc(OCc2ccc(C(C)(C)C)cc2)c(-c2ccc3[nH]ccc3c2)c1)C(=O)O. The number of hydrogen-bond acceptors (Lipinski definition) is 2. The third kappa shape index (κ3) is 5.28. The van der Waals surface area contributed by atoms with Gasteiger partial charge in [-0.3, -0.25) is 4.79 Å². The predicted molar refractivity (Wildman–Crippen MR) is 134 cm³/mol. The summed E-state index contributed by atoms with van der Waals surface area (Å²) in [6.07, 6.45) is 2.40. The summed E-state index contributed by atoms with van der Waals surface area (Å²) in [5, 5.41) is 10.5.